The van der Waals surface area contributed by atoms with Crippen LogP contribution in [0.5, 0.6) is 0 Å². The standard InChI is InChI=1S/C11H12N2O2.ClH.2Na/c12-9(11(14)15)5-7-6-13-10-4-2-1-3-8(7)10;;;/h1-4,6,9,13H,5,12H2,(H,14,15);1H;;/q;;2*+1/p-2/t9-;;;/m0.../s1. The smallest absolute Gasteiger partial charge is 1.00 e. The molecule has 0 saturated heterocycles. The van der Waals surface area contributed by atoms with Crippen molar-refractivity contribution in [2.24, 2.45) is 5.73 Å². The molecule has 86 valence electrons. The second-order valence-electron chi connectivity index (χ2n) is 3.49. The van der Waals surface area contributed by atoms with Crippen molar-refractivity contribution < 1.29 is 81.4 Å². The van der Waals surface area contributed by atoms with E-state index in [9.17, 15) is 9.90 Å². The van der Waals surface area contributed by atoms with E-state index in [1.165, 1.54) is 0 Å². The van der Waals surface area contributed by atoms with Crippen LogP contribution in [-0.2, 0) is 11.2 Å². The predicted molar refractivity (Wildman–Crippen MR) is 55.0 cm³/mol. The summed E-state index contributed by atoms with van der Waals surface area (Å²) in [5, 5.41) is 11.5. The average molecular weight is 285 g/mol. The molecule has 0 spiro atoms. The summed E-state index contributed by atoms with van der Waals surface area (Å²) < 4.78 is 0. The Balaban J connectivity index is 0. The molecule has 7 heteroatoms. The van der Waals surface area contributed by atoms with Gasteiger partial charge < -0.3 is 33.0 Å². The van der Waals surface area contributed by atoms with Gasteiger partial charge in [0.2, 0.25) is 0 Å². The second kappa shape index (κ2) is 9.39. The number of carbonyl (C=O) groups is 1. The molecule has 18 heavy (non-hydrogen) atoms. The number of aromatic nitrogens is 1. The molecule has 1 atom stereocenters. The van der Waals surface area contributed by atoms with Gasteiger partial charge in [0.15, 0.2) is 0 Å². The van der Waals surface area contributed by atoms with Crippen LogP contribution in [0.15, 0.2) is 30.5 Å². The van der Waals surface area contributed by atoms with Crippen LogP contribution in [0.25, 0.3) is 10.9 Å². The molecule has 1 heterocycles. The van der Waals surface area contributed by atoms with Crippen molar-refractivity contribution in [2.75, 3.05) is 0 Å². The molecule has 0 radical (unpaired) electrons. The molecular formula is C11H11ClN2Na2O2. The molecular weight excluding hydrogens is 274 g/mol. The Labute approximate surface area is 156 Å². The van der Waals surface area contributed by atoms with Crippen molar-refractivity contribution in [2.45, 2.75) is 12.5 Å². The Kier molecular flexibility index (Phi) is 10.9. The van der Waals surface area contributed by atoms with E-state index in [0.717, 1.165) is 16.5 Å². The molecule has 1 aromatic heterocycles. The maximum Gasteiger partial charge on any atom is 1.00 e. The van der Waals surface area contributed by atoms with Gasteiger partial charge in [-0.1, -0.05) is 18.2 Å². The molecule has 0 aliphatic rings. The summed E-state index contributed by atoms with van der Waals surface area (Å²) in [5.41, 5.74) is 7.31. The van der Waals surface area contributed by atoms with Crippen LogP contribution in [0.4, 0.5) is 0 Å². The number of nitrogens with one attached hydrogen (secondary N) is 1. The number of rotatable bonds is 3. The third-order valence-electron chi connectivity index (χ3n) is 2.42. The van der Waals surface area contributed by atoms with Crippen LogP contribution in [0.2, 0.25) is 0 Å². The number of nitrogens with two attached hydrogens (primary N) is 1. The maximum absolute atomic E-state index is 10.5. The van der Waals surface area contributed by atoms with Crippen molar-refractivity contribution in [1.82, 2.24) is 4.98 Å². The molecule has 0 aliphatic heterocycles. The van der Waals surface area contributed by atoms with Crippen LogP contribution < -0.4 is 82.4 Å². The molecule has 2 rings (SSSR count). The monoisotopic (exact) mass is 284 g/mol. The number of aromatic amines is 1. The van der Waals surface area contributed by atoms with Crippen molar-refractivity contribution >= 4 is 16.9 Å². The van der Waals surface area contributed by atoms with Crippen LogP contribution in [0.3, 0.4) is 0 Å². The Morgan fingerprint density at radius 2 is 1.94 bits per heavy atom. The zero-order valence-electron chi connectivity index (χ0n) is 10.4. The van der Waals surface area contributed by atoms with Gasteiger partial charge in [-0.25, -0.2) is 0 Å². The number of hydrogen-bond acceptors (Lipinski definition) is 3. The summed E-state index contributed by atoms with van der Waals surface area (Å²) in [5.74, 6) is -1.22. The molecule has 0 unspecified atom stereocenters. The van der Waals surface area contributed by atoms with Gasteiger partial charge in [-0.05, 0) is 18.1 Å². The van der Waals surface area contributed by atoms with E-state index in [0.29, 0.717) is 0 Å². The zero-order valence-corrected chi connectivity index (χ0v) is 15.2. The fourth-order valence-corrected chi connectivity index (χ4v) is 1.62. The summed E-state index contributed by atoms with van der Waals surface area (Å²) in [6, 6.07) is 6.74. The van der Waals surface area contributed by atoms with Crippen molar-refractivity contribution in [3.8, 4) is 0 Å². The summed E-state index contributed by atoms with van der Waals surface area (Å²) in [6.45, 7) is 0. The third kappa shape index (κ3) is 4.87. The maximum atomic E-state index is 10.5. The predicted octanol–water partition coefficient (Wildman–Crippen LogP) is -9.20. The number of carboxylic acid groups (broad SMARTS) is 1. The number of carboxylic acids is 1. The first-order valence-corrected chi connectivity index (χ1v) is 4.70. The zero-order chi connectivity index (χ0) is 10.8. The number of aliphatic carboxylic acids is 1. The summed E-state index contributed by atoms with van der Waals surface area (Å²) in [7, 11) is 0. The van der Waals surface area contributed by atoms with Gasteiger partial charge in [0.25, 0.3) is 0 Å². The van der Waals surface area contributed by atoms with Gasteiger partial charge in [-0.3, -0.25) is 0 Å². The largest absolute Gasteiger partial charge is 1.00 e. The topological polar surface area (TPSA) is 81.9 Å². The number of benzene rings is 1. The quantitative estimate of drug-likeness (QED) is 0.549. The Morgan fingerprint density at radius 3 is 2.56 bits per heavy atom. The number of para-hydroxylation sites is 1. The van der Waals surface area contributed by atoms with Crippen molar-refractivity contribution in [1.29, 1.82) is 0 Å². The molecule has 2 aromatic rings. The Morgan fingerprint density at radius 1 is 1.33 bits per heavy atom. The first-order chi connectivity index (χ1) is 7.18. The van der Waals surface area contributed by atoms with Gasteiger partial charge in [-0.2, -0.15) is 0 Å². The molecule has 0 amide bonds. The van der Waals surface area contributed by atoms with Crippen molar-refractivity contribution in [3.63, 3.8) is 0 Å². The molecule has 1 aromatic carbocycles. The molecule has 0 fully saturated rings. The molecule has 4 nitrogen and oxygen atoms in total. The molecule has 0 bridgehead atoms. The van der Waals surface area contributed by atoms with E-state index in [2.05, 4.69) is 4.98 Å². The van der Waals surface area contributed by atoms with Gasteiger partial charge in [0.05, 0.1) is 5.97 Å². The van der Waals surface area contributed by atoms with Crippen LogP contribution in [-0.4, -0.2) is 17.0 Å². The van der Waals surface area contributed by atoms with E-state index in [1.807, 2.05) is 24.3 Å². The minimum absolute atomic E-state index is 0. The number of H-pyrrole nitrogens is 1. The average Bonchev–Trinajstić information content (AvgIpc) is 2.62. The van der Waals surface area contributed by atoms with E-state index < -0.39 is 12.0 Å². The first-order valence-electron chi connectivity index (χ1n) is 4.70. The molecule has 0 aliphatic carbocycles. The SMILES string of the molecule is N[C@@H](Cc1c[nH]c2ccccc12)C(=O)[O-].[Cl-].[Na+].[Na+]. The van der Waals surface area contributed by atoms with E-state index in [-0.39, 0.29) is 77.9 Å². The van der Waals surface area contributed by atoms with Crippen molar-refractivity contribution in [3.05, 3.63) is 36.0 Å². The fraction of sp³-hybridized carbons (Fsp3) is 0.182. The normalized spacial score (nSPS) is 10.7. The Bertz CT molecular complexity index is 505. The van der Waals surface area contributed by atoms with Gasteiger partial charge in [0.1, 0.15) is 0 Å². The van der Waals surface area contributed by atoms with Gasteiger partial charge >= 0.3 is 59.1 Å². The van der Waals surface area contributed by atoms with E-state index >= 15 is 0 Å². The van der Waals surface area contributed by atoms with Crippen LogP contribution >= 0.6 is 0 Å². The number of fused-ring (bicyclic) bond motifs is 1. The summed E-state index contributed by atoms with van der Waals surface area (Å²) in [6.07, 6.45) is 2.07. The van der Waals surface area contributed by atoms with E-state index in [1.54, 1.807) is 6.20 Å². The van der Waals surface area contributed by atoms with Gasteiger partial charge in [0, 0.05) is 23.1 Å². The Hall–Kier alpha value is 0.480. The number of carbonyl (C=O) groups excluding carboxylic acids is 1. The second-order valence-corrected chi connectivity index (χ2v) is 3.49. The minimum atomic E-state index is -1.22. The molecule has 3 N–H and O–H groups in total. The van der Waals surface area contributed by atoms with Crippen LogP contribution in [0.1, 0.15) is 5.56 Å². The third-order valence-corrected chi connectivity index (χ3v) is 2.42. The minimum Gasteiger partial charge on any atom is -1.00 e. The summed E-state index contributed by atoms with van der Waals surface area (Å²) >= 11 is 0. The first kappa shape index (κ1) is 20.8. The van der Waals surface area contributed by atoms with Crippen LogP contribution in [0, 0.1) is 0 Å². The fourth-order valence-electron chi connectivity index (χ4n) is 1.62. The molecule has 0 saturated carbocycles. The number of halogens is 1. The van der Waals surface area contributed by atoms with Gasteiger partial charge in [-0.15, -0.1) is 0 Å². The summed E-state index contributed by atoms with van der Waals surface area (Å²) in [4.78, 5) is 13.6. The van der Waals surface area contributed by atoms with E-state index in [4.69, 9.17) is 5.73 Å². The number of hydrogen-bond donors (Lipinski definition) is 2.